The molecule has 1 aromatic rings. The molecule has 17 heavy (non-hydrogen) atoms. The summed E-state index contributed by atoms with van der Waals surface area (Å²) in [6.07, 6.45) is 1.23. The Hall–Kier alpha value is -1.35. The number of aryl methyl sites for hydroxylation is 2. The molecule has 0 radical (unpaired) electrons. The zero-order valence-electron chi connectivity index (χ0n) is 11.4. The predicted molar refractivity (Wildman–Crippen MR) is 70.7 cm³/mol. The van der Waals surface area contributed by atoms with Gasteiger partial charge in [0.15, 0.2) is 0 Å². The third-order valence-corrected chi connectivity index (χ3v) is 3.50. The zero-order valence-corrected chi connectivity index (χ0v) is 11.4. The van der Waals surface area contributed by atoms with E-state index in [4.69, 9.17) is 5.84 Å². The third-order valence-electron chi connectivity index (χ3n) is 3.50. The first kappa shape index (κ1) is 13.7. The molecule has 0 fully saturated rings. The summed E-state index contributed by atoms with van der Waals surface area (Å²) in [5.41, 5.74) is 6.45. The summed E-state index contributed by atoms with van der Waals surface area (Å²) >= 11 is 0. The Morgan fingerprint density at radius 2 is 1.65 bits per heavy atom. The number of carbonyl (C=O) groups excluding carboxylic acids is 1. The average Bonchev–Trinajstić information content (AvgIpc) is 2.26. The summed E-state index contributed by atoms with van der Waals surface area (Å²) in [6, 6.07) is 2.20. The van der Waals surface area contributed by atoms with E-state index >= 15 is 0 Å². The first-order valence-electron chi connectivity index (χ1n) is 5.92. The van der Waals surface area contributed by atoms with E-state index in [2.05, 4.69) is 33.8 Å². The lowest BCUT2D eigenvalue weighted by atomic mass is 9.91. The van der Waals surface area contributed by atoms with Gasteiger partial charge in [-0.3, -0.25) is 9.80 Å². The second-order valence-electron chi connectivity index (χ2n) is 4.74. The van der Waals surface area contributed by atoms with Crippen LogP contribution in [0.4, 0.5) is 0 Å². The number of hydrogen-bond donors (Lipinski definition) is 1. The van der Waals surface area contributed by atoms with E-state index in [1.807, 2.05) is 0 Å². The Morgan fingerprint density at radius 3 is 2.06 bits per heavy atom. The van der Waals surface area contributed by atoms with E-state index in [-0.39, 0.29) is 5.91 Å². The molecule has 0 saturated heterocycles. The van der Waals surface area contributed by atoms with Gasteiger partial charge in [0.05, 0.1) is 0 Å². The van der Waals surface area contributed by atoms with Gasteiger partial charge in [-0.05, 0) is 61.9 Å². The third kappa shape index (κ3) is 3.07. The first-order valence-corrected chi connectivity index (χ1v) is 5.92. The van der Waals surface area contributed by atoms with E-state index in [9.17, 15) is 4.79 Å². The molecular formula is C14H22N2O. The quantitative estimate of drug-likeness (QED) is 0.495. The standard InChI is InChI=1S/C14H22N2O/c1-9-8-10(2)12(4)13(11(9)3)6-7-14(17)16(5)15/h8H,6-7,15H2,1-5H3. The van der Waals surface area contributed by atoms with Crippen LogP contribution in [0.5, 0.6) is 0 Å². The van der Waals surface area contributed by atoms with Crippen LogP contribution < -0.4 is 5.84 Å². The SMILES string of the molecule is Cc1cc(C)c(C)c(CCC(=O)N(C)N)c1C. The number of nitrogens with two attached hydrogens (primary N) is 1. The summed E-state index contributed by atoms with van der Waals surface area (Å²) in [5, 5.41) is 1.16. The van der Waals surface area contributed by atoms with Crippen molar-refractivity contribution < 1.29 is 4.79 Å². The maximum atomic E-state index is 11.5. The molecule has 1 amide bonds. The molecule has 0 unspecified atom stereocenters. The normalized spacial score (nSPS) is 10.5. The Bertz CT molecular complexity index is 410. The number of hydrogen-bond acceptors (Lipinski definition) is 2. The number of amides is 1. The van der Waals surface area contributed by atoms with Crippen LogP contribution in [0.2, 0.25) is 0 Å². The van der Waals surface area contributed by atoms with E-state index in [1.54, 1.807) is 7.05 Å². The van der Waals surface area contributed by atoms with Crippen LogP contribution in [-0.2, 0) is 11.2 Å². The van der Waals surface area contributed by atoms with Gasteiger partial charge in [-0.25, -0.2) is 5.84 Å². The minimum absolute atomic E-state index is 0.0250. The molecule has 0 atom stereocenters. The van der Waals surface area contributed by atoms with Gasteiger partial charge in [-0.1, -0.05) is 6.07 Å². The average molecular weight is 234 g/mol. The highest BCUT2D eigenvalue weighted by Crippen LogP contribution is 2.22. The highest BCUT2D eigenvalue weighted by molar-refractivity contribution is 5.75. The minimum atomic E-state index is -0.0250. The fourth-order valence-corrected chi connectivity index (χ4v) is 2.08. The van der Waals surface area contributed by atoms with Gasteiger partial charge in [0.25, 0.3) is 0 Å². The van der Waals surface area contributed by atoms with Crippen molar-refractivity contribution in [1.82, 2.24) is 5.01 Å². The highest BCUT2D eigenvalue weighted by atomic mass is 16.2. The summed E-state index contributed by atoms with van der Waals surface area (Å²) in [6.45, 7) is 8.46. The van der Waals surface area contributed by atoms with E-state index in [1.165, 1.54) is 27.8 Å². The first-order chi connectivity index (χ1) is 7.84. The molecule has 0 aromatic heterocycles. The van der Waals surface area contributed by atoms with Crippen molar-refractivity contribution in [3.8, 4) is 0 Å². The molecule has 0 saturated carbocycles. The van der Waals surface area contributed by atoms with Crippen molar-refractivity contribution in [3.63, 3.8) is 0 Å². The fourth-order valence-electron chi connectivity index (χ4n) is 2.08. The molecule has 0 aliphatic heterocycles. The highest BCUT2D eigenvalue weighted by Gasteiger charge is 2.11. The monoisotopic (exact) mass is 234 g/mol. The summed E-state index contributed by atoms with van der Waals surface area (Å²) in [5.74, 6) is 5.39. The molecule has 3 heteroatoms. The van der Waals surface area contributed by atoms with Crippen molar-refractivity contribution in [1.29, 1.82) is 0 Å². The largest absolute Gasteiger partial charge is 0.284 e. The molecule has 2 N–H and O–H groups in total. The van der Waals surface area contributed by atoms with Gasteiger partial charge in [-0.15, -0.1) is 0 Å². The second kappa shape index (κ2) is 5.32. The molecule has 1 rings (SSSR count). The van der Waals surface area contributed by atoms with Crippen LogP contribution in [0, 0.1) is 27.7 Å². The Balaban J connectivity index is 2.95. The molecule has 1 aromatic carbocycles. The summed E-state index contributed by atoms with van der Waals surface area (Å²) in [4.78, 5) is 11.5. The Morgan fingerprint density at radius 1 is 1.18 bits per heavy atom. The minimum Gasteiger partial charge on any atom is -0.284 e. The number of benzene rings is 1. The van der Waals surface area contributed by atoms with Crippen molar-refractivity contribution >= 4 is 5.91 Å². The molecule has 3 nitrogen and oxygen atoms in total. The Labute approximate surface area is 104 Å². The maximum Gasteiger partial charge on any atom is 0.236 e. The van der Waals surface area contributed by atoms with Crippen LogP contribution in [0.15, 0.2) is 6.07 Å². The van der Waals surface area contributed by atoms with Gasteiger partial charge in [0.1, 0.15) is 0 Å². The van der Waals surface area contributed by atoms with E-state index in [0.717, 1.165) is 11.4 Å². The lowest BCUT2D eigenvalue weighted by Crippen LogP contribution is -2.33. The van der Waals surface area contributed by atoms with Gasteiger partial charge in [-0.2, -0.15) is 0 Å². The van der Waals surface area contributed by atoms with Crippen LogP contribution >= 0.6 is 0 Å². The van der Waals surface area contributed by atoms with Crippen molar-refractivity contribution in [3.05, 3.63) is 33.9 Å². The van der Waals surface area contributed by atoms with Crippen molar-refractivity contribution in [2.45, 2.75) is 40.5 Å². The maximum absolute atomic E-state index is 11.5. The van der Waals surface area contributed by atoms with Crippen LogP contribution in [0.3, 0.4) is 0 Å². The van der Waals surface area contributed by atoms with E-state index in [0.29, 0.717) is 6.42 Å². The molecule has 94 valence electrons. The molecule has 0 heterocycles. The van der Waals surface area contributed by atoms with Crippen LogP contribution in [0.1, 0.15) is 34.2 Å². The molecule has 0 aliphatic carbocycles. The van der Waals surface area contributed by atoms with Gasteiger partial charge in [0.2, 0.25) is 5.91 Å². The molecule has 0 bridgehead atoms. The molecule has 0 aliphatic rings. The molecule has 0 spiro atoms. The summed E-state index contributed by atoms with van der Waals surface area (Å²) in [7, 11) is 1.59. The number of carbonyl (C=O) groups is 1. The smallest absolute Gasteiger partial charge is 0.236 e. The van der Waals surface area contributed by atoms with Gasteiger partial charge < -0.3 is 0 Å². The fraction of sp³-hybridized carbons (Fsp3) is 0.500. The van der Waals surface area contributed by atoms with Crippen LogP contribution in [-0.4, -0.2) is 18.0 Å². The zero-order chi connectivity index (χ0) is 13.2. The van der Waals surface area contributed by atoms with Crippen molar-refractivity contribution in [2.75, 3.05) is 7.05 Å². The van der Waals surface area contributed by atoms with Gasteiger partial charge >= 0.3 is 0 Å². The second-order valence-corrected chi connectivity index (χ2v) is 4.74. The predicted octanol–water partition coefficient (Wildman–Crippen LogP) is 2.18. The number of nitrogens with zero attached hydrogens (tertiary/aromatic N) is 1. The topological polar surface area (TPSA) is 46.3 Å². The molecular weight excluding hydrogens is 212 g/mol. The van der Waals surface area contributed by atoms with Crippen molar-refractivity contribution in [2.24, 2.45) is 5.84 Å². The lowest BCUT2D eigenvalue weighted by molar-refractivity contribution is -0.130. The Kier molecular flexibility index (Phi) is 4.29. The summed E-state index contributed by atoms with van der Waals surface area (Å²) < 4.78 is 0. The lowest BCUT2D eigenvalue weighted by Gasteiger charge is -2.16. The van der Waals surface area contributed by atoms with E-state index < -0.39 is 0 Å². The van der Waals surface area contributed by atoms with Crippen LogP contribution in [0.25, 0.3) is 0 Å². The number of hydrazine groups is 1. The van der Waals surface area contributed by atoms with Gasteiger partial charge in [0, 0.05) is 13.5 Å². The number of rotatable bonds is 3.